The third kappa shape index (κ3) is 2.36. The molecular weight excluding hydrogens is 406 g/mol. The third-order valence-corrected chi connectivity index (χ3v) is 6.77. The fourth-order valence-corrected chi connectivity index (χ4v) is 5.31. The number of aryl methyl sites for hydroxylation is 2. The van der Waals surface area contributed by atoms with Crippen LogP contribution in [0.1, 0.15) is 39.6 Å². The average Bonchev–Trinajstić information content (AvgIpc) is 3.55. The summed E-state index contributed by atoms with van der Waals surface area (Å²) in [6.45, 7) is 2.30. The first kappa shape index (κ1) is 18.7. The SMILES string of the molecule is Cc1c(C(=O)N2CC[C@]3(C(=O)Nc4ccccc43)[C@@H]2c2cnn(C)c2)cnc2ccnn12. The second-order valence-corrected chi connectivity index (χ2v) is 8.43. The molecule has 0 bridgehead atoms. The lowest BCUT2D eigenvalue weighted by atomic mass is 9.73. The van der Waals surface area contributed by atoms with Gasteiger partial charge < -0.3 is 10.2 Å². The molecule has 3 aromatic heterocycles. The first-order valence-electron chi connectivity index (χ1n) is 10.5. The molecule has 0 unspecified atom stereocenters. The minimum Gasteiger partial charge on any atom is -0.330 e. The van der Waals surface area contributed by atoms with Crippen molar-refractivity contribution in [3.8, 4) is 0 Å². The van der Waals surface area contributed by atoms with Crippen molar-refractivity contribution in [2.45, 2.75) is 24.8 Å². The molecule has 9 nitrogen and oxygen atoms in total. The molecule has 0 aliphatic carbocycles. The van der Waals surface area contributed by atoms with Gasteiger partial charge in [-0.3, -0.25) is 14.3 Å². The van der Waals surface area contributed by atoms with E-state index in [1.165, 1.54) is 0 Å². The number of rotatable bonds is 2. The number of aromatic nitrogens is 5. The Morgan fingerprint density at radius 2 is 2.03 bits per heavy atom. The Kier molecular flexibility index (Phi) is 3.80. The Hall–Kier alpha value is -4.01. The average molecular weight is 427 g/mol. The van der Waals surface area contributed by atoms with Crippen LogP contribution in [0.4, 0.5) is 5.69 Å². The minimum absolute atomic E-state index is 0.0831. The van der Waals surface area contributed by atoms with Gasteiger partial charge in [-0.15, -0.1) is 0 Å². The van der Waals surface area contributed by atoms with Gasteiger partial charge in [-0.2, -0.15) is 10.2 Å². The summed E-state index contributed by atoms with van der Waals surface area (Å²) in [7, 11) is 1.83. The van der Waals surface area contributed by atoms with Gasteiger partial charge in [0.05, 0.1) is 29.7 Å². The van der Waals surface area contributed by atoms with E-state index in [1.807, 2.05) is 44.4 Å². The Bertz CT molecular complexity index is 1400. The predicted octanol–water partition coefficient (Wildman–Crippen LogP) is 2.25. The zero-order valence-corrected chi connectivity index (χ0v) is 17.7. The highest BCUT2D eigenvalue weighted by atomic mass is 16.2. The van der Waals surface area contributed by atoms with E-state index in [9.17, 15) is 9.59 Å². The fourth-order valence-electron chi connectivity index (χ4n) is 5.31. The first-order chi connectivity index (χ1) is 15.5. The molecule has 9 heteroatoms. The highest BCUT2D eigenvalue weighted by Crippen LogP contribution is 2.54. The number of nitrogens with one attached hydrogen (secondary N) is 1. The second kappa shape index (κ2) is 6.49. The van der Waals surface area contributed by atoms with Crippen molar-refractivity contribution in [2.75, 3.05) is 11.9 Å². The van der Waals surface area contributed by atoms with E-state index >= 15 is 0 Å². The van der Waals surface area contributed by atoms with E-state index in [4.69, 9.17) is 0 Å². The maximum atomic E-state index is 13.9. The molecule has 0 saturated carbocycles. The number of amides is 2. The molecule has 2 atom stereocenters. The van der Waals surface area contributed by atoms with E-state index in [0.29, 0.717) is 29.9 Å². The molecule has 6 rings (SSSR count). The number of hydrogen-bond acceptors (Lipinski definition) is 5. The monoisotopic (exact) mass is 427 g/mol. The van der Waals surface area contributed by atoms with Crippen LogP contribution in [0.5, 0.6) is 0 Å². The zero-order chi connectivity index (χ0) is 22.0. The van der Waals surface area contributed by atoms with Crippen molar-refractivity contribution in [3.63, 3.8) is 0 Å². The lowest BCUT2D eigenvalue weighted by Crippen LogP contribution is -2.42. The van der Waals surface area contributed by atoms with Gasteiger partial charge in [0.2, 0.25) is 5.91 Å². The summed E-state index contributed by atoms with van der Waals surface area (Å²) in [4.78, 5) is 33.5. The van der Waals surface area contributed by atoms with Crippen LogP contribution in [-0.2, 0) is 17.3 Å². The standard InChI is InChI=1S/C23H21N7O2/c1-14-16(12-24-19-7-9-25-30(14)19)21(31)29-10-8-23(20(29)15-11-26-28(2)13-15)17-5-3-4-6-18(17)27-22(23)32/h3-7,9,11-13,20H,8,10H2,1-2H3,(H,27,32)/t20-,23+/m0/s1. The largest absolute Gasteiger partial charge is 0.330 e. The Balaban J connectivity index is 1.52. The maximum Gasteiger partial charge on any atom is 0.257 e. The molecule has 4 aromatic rings. The second-order valence-electron chi connectivity index (χ2n) is 8.43. The van der Waals surface area contributed by atoms with Gasteiger partial charge in [-0.05, 0) is 25.0 Å². The number of nitrogens with zero attached hydrogens (tertiary/aromatic N) is 6. The quantitative estimate of drug-likeness (QED) is 0.529. The van der Waals surface area contributed by atoms with Crippen LogP contribution in [0.25, 0.3) is 5.65 Å². The molecule has 0 radical (unpaired) electrons. The van der Waals surface area contributed by atoms with Crippen molar-refractivity contribution in [1.82, 2.24) is 29.3 Å². The number of likely N-dealkylation sites (tertiary alicyclic amines) is 1. The van der Waals surface area contributed by atoms with Crippen molar-refractivity contribution in [1.29, 1.82) is 0 Å². The van der Waals surface area contributed by atoms with Crippen LogP contribution in [0.2, 0.25) is 0 Å². The minimum atomic E-state index is -0.869. The lowest BCUT2D eigenvalue weighted by Gasteiger charge is -2.33. The number of carbonyl (C=O) groups excluding carboxylic acids is 2. The highest BCUT2D eigenvalue weighted by molar-refractivity contribution is 6.08. The summed E-state index contributed by atoms with van der Waals surface area (Å²) >= 11 is 0. The molecule has 1 N–H and O–H groups in total. The summed E-state index contributed by atoms with van der Waals surface area (Å²) < 4.78 is 3.36. The number of fused-ring (bicyclic) bond motifs is 3. The Morgan fingerprint density at radius 3 is 2.84 bits per heavy atom. The van der Waals surface area contributed by atoms with Gasteiger partial charge in [0.15, 0.2) is 5.65 Å². The Labute approximate surface area is 183 Å². The summed E-state index contributed by atoms with van der Waals surface area (Å²) in [5.74, 6) is -0.254. The molecule has 1 aromatic carbocycles. The molecule has 32 heavy (non-hydrogen) atoms. The number of carbonyl (C=O) groups is 2. The highest BCUT2D eigenvalue weighted by Gasteiger charge is 2.59. The van der Waals surface area contributed by atoms with E-state index in [2.05, 4.69) is 20.5 Å². The van der Waals surface area contributed by atoms with E-state index in [1.54, 1.807) is 38.8 Å². The lowest BCUT2D eigenvalue weighted by molar-refractivity contribution is -0.121. The van der Waals surface area contributed by atoms with Gasteiger partial charge in [-0.1, -0.05) is 18.2 Å². The number of benzene rings is 1. The van der Waals surface area contributed by atoms with Crippen molar-refractivity contribution >= 4 is 23.1 Å². The molecule has 1 fully saturated rings. The fraction of sp³-hybridized carbons (Fsp3) is 0.261. The molecule has 2 aliphatic rings. The van der Waals surface area contributed by atoms with Crippen LogP contribution < -0.4 is 5.32 Å². The molecular formula is C23H21N7O2. The van der Waals surface area contributed by atoms with E-state index in [-0.39, 0.29) is 11.8 Å². The Morgan fingerprint density at radius 1 is 1.19 bits per heavy atom. The summed E-state index contributed by atoms with van der Waals surface area (Å²) in [5.41, 5.74) is 3.56. The molecule has 160 valence electrons. The van der Waals surface area contributed by atoms with Crippen molar-refractivity contribution in [3.05, 3.63) is 77.5 Å². The van der Waals surface area contributed by atoms with Crippen molar-refractivity contribution < 1.29 is 9.59 Å². The maximum absolute atomic E-state index is 13.9. The van der Waals surface area contributed by atoms with Crippen LogP contribution in [0.15, 0.2) is 55.1 Å². The van der Waals surface area contributed by atoms with Crippen molar-refractivity contribution in [2.24, 2.45) is 7.05 Å². The molecule has 1 spiro atoms. The normalized spacial score (nSPS) is 22.0. The molecule has 2 aliphatic heterocycles. The van der Waals surface area contributed by atoms with Gasteiger partial charge >= 0.3 is 0 Å². The molecule has 1 saturated heterocycles. The van der Waals surface area contributed by atoms with Gasteiger partial charge in [0, 0.05) is 43.3 Å². The topological polar surface area (TPSA) is 97.4 Å². The van der Waals surface area contributed by atoms with E-state index in [0.717, 1.165) is 16.8 Å². The van der Waals surface area contributed by atoms with Crippen LogP contribution >= 0.6 is 0 Å². The summed E-state index contributed by atoms with van der Waals surface area (Å²) in [6, 6.07) is 9.04. The molecule has 5 heterocycles. The van der Waals surface area contributed by atoms with Gasteiger partial charge in [-0.25, -0.2) is 9.50 Å². The van der Waals surface area contributed by atoms with Gasteiger partial charge in [0.25, 0.3) is 5.91 Å². The third-order valence-electron chi connectivity index (χ3n) is 6.77. The number of para-hydroxylation sites is 1. The first-order valence-corrected chi connectivity index (χ1v) is 10.5. The predicted molar refractivity (Wildman–Crippen MR) is 116 cm³/mol. The smallest absolute Gasteiger partial charge is 0.257 e. The summed E-state index contributed by atoms with van der Waals surface area (Å²) in [6.07, 6.45) is 7.41. The van der Waals surface area contributed by atoms with Crippen LogP contribution in [0, 0.1) is 6.92 Å². The van der Waals surface area contributed by atoms with Crippen LogP contribution in [-0.4, -0.2) is 47.6 Å². The van der Waals surface area contributed by atoms with Crippen LogP contribution in [0.3, 0.4) is 0 Å². The van der Waals surface area contributed by atoms with Gasteiger partial charge in [0.1, 0.15) is 5.41 Å². The zero-order valence-electron chi connectivity index (χ0n) is 17.7. The number of hydrogen-bond donors (Lipinski definition) is 1. The molecule has 2 amide bonds. The summed E-state index contributed by atoms with van der Waals surface area (Å²) in [5, 5.41) is 11.7. The number of anilines is 1. The van der Waals surface area contributed by atoms with E-state index < -0.39 is 11.5 Å².